The lowest BCUT2D eigenvalue weighted by Crippen LogP contribution is -2.48. The zero-order valence-electron chi connectivity index (χ0n) is 38.0. The van der Waals surface area contributed by atoms with E-state index < -0.39 is 5.41 Å². The second-order valence-electron chi connectivity index (χ2n) is 18.3. The highest BCUT2D eigenvalue weighted by Gasteiger charge is 2.46. The Kier molecular flexibility index (Phi) is 9.62. The Balaban J connectivity index is 1.10. The van der Waals surface area contributed by atoms with Crippen molar-refractivity contribution in [2.75, 3.05) is 0 Å². The monoisotopic (exact) mass is 870 g/mol. The molecule has 13 rings (SSSR count). The van der Waals surface area contributed by atoms with Crippen molar-refractivity contribution in [2.24, 2.45) is 0 Å². The molecule has 12 aromatic rings. The van der Waals surface area contributed by atoms with Crippen LogP contribution in [0.2, 0.25) is 0 Å². The summed E-state index contributed by atoms with van der Waals surface area (Å²) in [6.07, 6.45) is 0. The standard InChI is InChI=1S/C61H33B7N2/c62-51-48(35-28-31-47-44(32-35)43-26-15-25-40(34-16-5-1-6-17-34)58(43)69(47)38-22-11-4-12-23-38)52(63)56(67)59-49(51)50-53(64)54(65)55(66)57(68)60(50)70(59)39-29-30-42-41-24-13-14-27-45(41)61(46(42)33-39,36-18-7-2-8-19-36)37-20-9-3-10-21-37/h1-33H. The van der Waals surface area contributed by atoms with Crippen LogP contribution in [0.3, 0.4) is 0 Å². The lowest BCUT2D eigenvalue weighted by molar-refractivity contribution is 0.767. The molecule has 2 aromatic heterocycles. The van der Waals surface area contributed by atoms with E-state index in [1.165, 1.54) is 5.56 Å². The first-order valence-electron chi connectivity index (χ1n) is 23.3. The number of fused-ring (bicyclic) bond motifs is 9. The number of hydrogen-bond acceptors (Lipinski definition) is 0. The third kappa shape index (κ3) is 5.78. The first-order valence-corrected chi connectivity index (χ1v) is 23.3. The highest BCUT2D eigenvalue weighted by molar-refractivity contribution is 6.69. The van der Waals surface area contributed by atoms with Gasteiger partial charge in [0.2, 0.25) is 0 Å². The molecule has 0 unspecified atom stereocenters. The van der Waals surface area contributed by atoms with Crippen LogP contribution in [0.1, 0.15) is 22.3 Å². The van der Waals surface area contributed by atoms with E-state index in [1.54, 1.807) is 0 Å². The van der Waals surface area contributed by atoms with Crippen molar-refractivity contribution in [3.63, 3.8) is 0 Å². The summed E-state index contributed by atoms with van der Waals surface area (Å²) in [5.41, 5.74) is 16.6. The summed E-state index contributed by atoms with van der Waals surface area (Å²) < 4.78 is 4.34. The predicted octanol–water partition coefficient (Wildman–Crippen LogP) is 7.13. The zero-order valence-corrected chi connectivity index (χ0v) is 38.0. The molecule has 0 amide bonds. The van der Waals surface area contributed by atoms with Gasteiger partial charge in [0.05, 0.1) is 16.4 Å². The summed E-state index contributed by atoms with van der Waals surface area (Å²) in [7, 11) is 50.0. The second-order valence-corrected chi connectivity index (χ2v) is 18.3. The quantitative estimate of drug-likeness (QED) is 0.158. The normalized spacial score (nSPS) is 12.8. The molecule has 2 nitrogen and oxygen atoms in total. The van der Waals surface area contributed by atoms with Crippen molar-refractivity contribution >= 4 is 137 Å². The molecule has 0 atom stereocenters. The molecule has 0 aliphatic heterocycles. The van der Waals surface area contributed by atoms with E-state index in [0.717, 1.165) is 77.7 Å². The fourth-order valence-corrected chi connectivity index (χ4v) is 11.8. The smallest absolute Gasteiger partial charge is 0.115 e. The topological polar surface area (TPSA) is 9.86 Å². The molecule has 70 heavy (non-hydrogen) atoms. The zero-order chi connectivity index (χ0) is 47.6. The molecule has 2 heterocycles. The summed E-state index contributed by atoms with van der Waals surface area (Å²) in [5.74, 6) is 0. The maximum absolute atomic E-state index is 7.56. The highest BCUT2D eigenvalue weighted by Crippen LogP contribution is 2.56. The van der Waals surface area contributed by atoms with Gasteiger partial charge in [-0.1, -0.05) is 191 Å². The summed E-state index contributed by atoms with van der Waals surface area (Å²) in [6, 6.07) is 70.1. The summed E-state index contributed by atoms with van der Waals surface area (Å²) in [5, 5.41) is 3.22. The fraction of sp³-hybridized carbons (Fsp3) is 0.0164. The van der Waals surface area contributed by atoms with E-state index >= 15 is 0 Å². The molecule has 0 saturated heterocycles. The number of benzene rings is 10. The Morgan fingerprint density at radius 1 is 0.314 bits per heavy atom. The number of rotatable bonds is 6. The molecule has 9 heteroatoms. The van der Waals surface area contributed by atoms with E-state index in [-0.39, 0.29) is 21.9 Å². The van der Waals surface area contributed by atoms with Crippen molar-refractivity contribution in [3.8, 4) is 44.8 Å². The maximum atomic E-state index is 7.56. The lowest BCUT2D eigenvalue weighted by Gasteiger charge is -2.34. The van der Waals surface area contributed by atoms with Crippen molar-refractivity contribution in [2.45, 2.75) is 5.41 Å². The van der Waals surface area contributed by atoms with Crippen LogP contribution >= 0.6 is 0 Å². The minimum atomic E-state index is -0.682. The number of hydrogen-bond donors (Lipinski definition) is 0. The van der Waals surface area contributed by atoms with E-state index in [0.29, 0.717) is 43.8 Å². The Labute approximate surface area is 416 Å². The van der Waals surface area contributed by atoms with Gasteiger partial charge in [-0.05, 0) is 91.9 Å². The third-order valence-electron chi connectivity index (χ3n) is 14.8. The molecule has 0 saturated carbocycles. The lowest BCUT2D eigenvalue weighted by atomic mass is 9.64. The van der Waals surface area contributed by atoms with E-state index in [4.69, 9.17) is 54.9 Å². The van der Waals surface area contributed by atoms with Crippen LogP contribution in [-0.4, -0.2) is 64.1 Å². The number of nitrogens with zero attached hydrogens (tertiary/aromatic N) is 2. The average Bonchev–Trinajstić information content (AvgIpc) is 4.05. The Hall–Kier alpha value is -7.75. The van der Waals surface area contributed by atoms with Gasteiger partial charge in [-0.3, -0.25) is 0 Å². The molecule has 10 aromatic carbocycles. The third-order valence-corrected chi connectivity index (χ3v) is 14.8. The van der Waals surface area contributed by atoms with Crippen LogP contribution < -0.4 is 38.2 Å². The van der Waals surface area contributed by atoms with Gasteiger partial charge in [-0.25, -0.2) is 0 Å². The minimum Gasteiger partial charge on any atom is -0.311 e. The minimum absolute atomic E-state index is 0.168. The molecular formula is C61H33B7N2. The predicted molar refractivity (Wildman–Crippen MR) is 301 cm³/mol. The van der Waals surface area contributed by atoms with Crippen molar-refractivity contribution in [1.82, 2.24) is 9.13 Å². The van der Waals surface area contributed by atoms with Gasteiger partial charge in [0.25, 0.3) is 0 Å². The molecule has 0 N–H and O–H groups in total. The summed E-state index contributed by atoms with van der Waals surface area (Å²) >= 11 is 0. The first-order chi connectivity index (χ1) is 34.2. The molecule has 1 aliphatic rings. The average molecular weight is 870 g/mol. The van der Waals surface area contributed by atoms with Crippen LogP contribution in [0.5, 0.6) is 0 Å². The molecule has 14 radical (unpaired) electrons. The molecule has 0 bridgehead atoms. The van der Waals surface area contributed by atoms with Crippen LogP contribution in [0, 0.1) is 0 Å². The molecule has 1 aliphatic carbocycles. The second kappa shape index (κ2) is 15.9. The van der Waals surface area contributed by atoms with Gasteiger partial charge in [-0.15, -0.1) is 10.9 Å². The largest absolute Gasteiger partial charge is 0.311 e. The van der Waals surface area contributed by atoms with Gasteiger partial charge < -0.3 is 9.13 Å². The number of para-hydroxylation sites is 2. The van der Waals surface area contributed by atoms with Crippen LogP contribution in [0.15, 0.2) is 200 Å². The maximum Gasteiger partial charge on any atom is 0.115 e. The van der Waals surface area contributed by atoms with Gasteiger partial charge >= 0.3 is 0 Å². The van der Waals surface area contributed by atoms with Crippen LogP contribution in [0.4, 0.5) is 0 Å². The van der Waals surface area contributed by atoms with Crippen LogP contribution in [-0.2, 0) is 5.41 Å². The Morgan fingerprint density at radius 2 is 0.871 bits per heavy atom. The van der Waals surface area contributed by atoms with Crippen molar-refractivity contribution in [1.29, 1.82) is 0 Å². The van der Waals surface area contributed by atoms with Crippen molar-refractivity contribution < 1.29 is 0 Å². The SMILES string of the molecule is [B]c1c([B])c([B])c2c(c1[B])c1c([B])c(-c3ccc4c(c3)c3cccc(-c5ccccc5)c3n4-c3ccccc3)c([B])c([B])c1n2-c1ccc2c(c1)C(c1ccccc1)(c1ccccc1)c1ccccc1-2. The molecule has 308 valence electrons. The molecule has 0 fully saturated rings. The van der Waals surface area contributed by atoms with E-state index in [9.17, 15) is 0 Å². The summed E-state index contributed by atoms with van der Waals surface area (Å²) in [6.45, 7) is 0. The van der Waals surface area contributed by atoms with Gasteiger partial charge in [0.1, 0.15) is 54.9 Å². The number of aromatic nitrogens is 2. The Bertz CT molecular complexity index is 4090. The molecule has 0 spiro atoms. The first kappa shape index (κ1) is 42.4. The van der Waals surface area contributed by atoms with Gasteiger partial charge in [0, 0.05) is 44.1 Å². The van der Waals surface area contributed by atoms with E-state index in [2.05, 4.69) is 193 Å². The summed E-state index contributed by atoms with van der Waals surface area (Å²) in [4.78, 5) is 0. The highest BCUT2D eigenvalue weighted by atomic mass is 15.0. The Morgan fingerprint density at radius 3 is 1.56 bits per heavy atom. The van der Waals surface area contributed by atoms with Crippen LogP contribution in [0.25, 0.3) is 88.4 Å². The van der Waals surface area contributed by atoms with Gasteiger partial charge in [-0.2, -0.15) is 0 Å². The van der Waals surface area contributed by atoms with E-state index in [1.807, 2.05) is 16.7 Å². The van der Waals surface area contributed by atoms with Gasteiger partial charge in [0.15, 0.2) is 0 Å². The molecular weight excluding hydrogens is 836 g/mol. The fourth-order valence-electron chi connectivity index (χ4n) is 11.8. The van der Waals surface area contributed by atoms with Crippen molar-refractivity contribution in [3.05, 3.63) is 222 Å².